The molecule has 0 radical (unpaired) electrons. The van der Waals surface area contributed by atoms with Crippen molar-refractivity contribution in [1.29, 1.82) is 0 Å². The summed E-state index contributed by atoms with van der Waals surface area (Å²) in [5, 5.41) is -0.248. The summed E-state index contributed by atoms with van der Waals surface area (Å²) in [5.41, 5.74) is 0.892. The largest absolute Gasteiger partial charge is 0.497 e. The highest BCUT2D eigenvalue weighted by Crippen LogP contribution is 2.33. The molecule has 2 rings (SSSR count). The molecule has 1 unspecified atom stereocenters. The van der Waals surface area contributed by atoms with Crippen LogP contribution in [-0.2, 0) is 9.53 Å². The van der Waals surface area contributed by atoms with Crippen molar-refractivity contribution in [2.24, 2.45) is 0 Å². The Morgan fingerprint density at radius 1 is 1.53 bits per heavy atom. The van der Waals surface area contributed by atoms with Gasteiger partial charge in [0.05, 0.1) is 23.9 Å². The molecule has 0 fully saturated rings. The van der Waals surface area contributed by atoms with Crippen LogP contribution in [0.3, 0.4) is 0 Å². The van der Waals surface area contributed by atoms with Gasteiger partial charge >= 0.3 is 5.97 Å². The quantitative estimate of drug-likeness (QED) is 0.625. The van der Waals surface area contributed by atoms with Crippen molar-refractivity contribution in [3.8, 4) is 5.75 Å². The zero-order chi connectivity index (χ0) is 13.8. The molecule has 1 atom stereocenters. The predicted octanol–water partition coefficient (Wildman–Crippen LogP) is 3.35. The molecule has 1 heterocycles. The number of thioether (sulfide) groups is 1. The van der Waals surface area contributed by atoms with E-state index in [1.807, 2.05) is 25.1 Å². The summed E-state index contributed by atoms with van der Waals surface area (Å²) in [4.78, 5) is 16.1. The van der Waals surface area contributed by atoms with Crippen LogP contribution >= 0.6 is 23.1 Å². The van der Waals surface area contributed by atoms with Crippen LogP contribution in [0.1, 0.15) is 13.8 Å². The summed E-state index contributed by atoms with van der Waals surface area (Å²) in [6, 6.07) is 5.78. The molecule has 1 aromatic heterocycles. The lowest BCUT2D eigenvalue weighted by Gasteiger charge is -2.07. The van der Waals surface area contributed by atoms with Gasteiger partial charge in [0, 0.05) is 6.07 Å². The molecule has 19 heavy (non-hydrogen) atoms. The van der Waals surface area contributed by atoms with Crippen LogP contribution in [0.15, 0.2) is 22.5 Å². The summed E-state index contributed by atoms with van der Waals surface area (Å²) in [7, 11) is 1.63. The molecule has 0 saturated carbocycles. The molecule has 0 bridgehead atoms. The first-order valence-corrected chi connectivity index (χ1v) is 7.61. The fraction of sp³-hybridized carbons (Fsp3) is 0.385. The SMILES string of the molecule is CCOC(=O)C(C)Sc1nc2cc(OC)ccc2s1. The Balaban J connectivity index is 2.15. The van der Waals surface area contributed by atoms with Gasteiger partial charge in [-0.25, -0.2) is 4.98 Å². The van der Waals surface area contributed by atoms with Crippen LogP contribution in [0.25, 0.3) is 10.2 Å². The number of rotatable bonds is 5. The molecular weight excluding hydrogens is 282 g/mol. The van der Waals surface area contributed by atoms with Gasteiger partial charge in [0.2, 0.25) is 0 Å². The Morgan fingerprint density at radius 3 is 3.00 bits per heavy atom. The second kappa shape index (κ2) is 6.25. The molecule has 2 aromatic rings. The molecule has 6 heteroatoms. The van der Waals surface area contributed by atoms with Crippen molar-refractivity contribution in [1.82, 2.24) is 4.98 Å². The van der Waals surface area contributed by atoms with Crippen LogP contribution in [0, 0.1) is 0 Å². The number of methoxy groups -OCH3 is 1. The molecule has 0 saturated heterocycles. The molecule has 0 aliphatic carbocycles. The Labute approximate surface area is 120 Å². The summed E-state index contributed by atoms with van der Waals surface area (Å²) < 4.78 is 12.1. The topological polar surface area (TPSA) is 48.4 Å². The van der Waals surface area contributed by atoms with Crippen LogP contribution in [-0.4, -0.2) is 29.9 Å². The van der Waals surface area contributed by atoms with Crippen LogP contribution in [0.5, 0.6) is 5.75 Å². The monoisotopic (exact) mass is 297 g/mol. The van der Waals surface area contributed by atoms with E-state index in [-0.39, 0.29) is 11.2 Å². The van der Waals surface area contributed by atoms with E-state index < -0.39 is 0 Å². The van der Waals surface area contributed by atoms with E-state index in [0.717, 1.165) is 20.3 Å². The third kappa shape index (κ3) is 3.39. The minimum Gasteiger partial charge on any atom is -0.497 e. The van der Waals surface area contributed by atoms with Crippen molar-refractivity contribution in [3.05, 3.63) is 18.2 Å². The van der Waals surface area contributed by atoms with E-state index in [1.165, 1.54) is 11.8 Å². The molecule has 1 aromatic carbocycles. The highest BCUT2D eigenvalue weighted by Gasteiger charge is 2.17. The number of benzene rings is 1. The van der Waals surface area contributed by atoms with E-state index in [9.17, 15) is 4.79 Å². The molecule has 4 nitrogen and oxygen atoms in total. The second-order valence-corrected chi connectivity index (χ2v) is 6.44. The molecule has 0 aliphatic heterocycles. The van der Waals surface area contributed by atoms with E-state index >= 15 is 0 Å². The number of hydrogen-bond acceptors (Lipinski definition) is 6. The van der Waals surface area contributed by atoms with Gasteiger partial charge in [0.1, 0.15) is 11.0 Å². The normalized spacial score (nSPS) is 12.4. The summed E-state index contributed by atoms with van der Waals surface area (Å²) >= 11 is 2.99. The van der Waals surface area contributed by atoms with Gasteiger partial charge < -0.3 is 9.47 Å². The summed E-state index contributed by atoms with van der Waals surface area (Å²) in [5.74, 6) is 0.581. The van der Waals surface area contributed by atoms with Gasteiger partial charge in [-0.05, 0) is 26.0 Å². The van der Waals surface area contributed by atoms with Gasteiger partial charge in [-0.15, -0.1) is 11.3 Å². The summed E-state index contributed by atoms with van der Waals surface area (Å²) in [6.45, 7) is 4.04. The number of hydrogen-bond donors (Lipinski definition) is 0. The number of ether oxygens (including phenoxy) is 2. The fourth-order valence-corrected chi connectivity index (χ4v) is 3.71. The van der Waals surface area contributed by atoms with Crippen molar-refractivity contribution in [3.63, 3.8) is 0 Å². The highest BCUT2D eigenvalue weighted by molar-refractivity contribution is 8.02. The number of nitrogens with zero attached hydrogens (tertiary/aromatic N) is 1. The second-order valence-electron chi connectivity index (χ2n) is 3.83. The minimum atomic E-state index is -0.248. The maximum absolute atomic E-state index is 11.6. The Bertz CT molecular complexity index is 582. The zero-order valence-corrected chi connectivity index (χ0v) is 12.6. The molecule has 0 amide bonds. The Morgan fingerprint density at radius 2 is 2.32 bits per heavy atom. The fourth-order valence-electron chi connectivity index (χ4n) is 1.52. The highest BCUT2D eigenvalue weighted by atomic mass is 32.2. The zero-order valence-electron chi connectivity index (χ0n) is 11.0. The molecule has 102 valence electrons. The smallest absolute Gasteiger partial charge is 0.319 e. The Kier molecular flexibility index (Phi) is 4.66. The predicted molar refractivity (Wildman–Crippen MR) is 78.1 cm³/mol. The third-order valence-electron chi connectivity index (χ3n) is 2.47. The lowest BCUT2D eigenvalue weighted by molar-refractivity contribution is -0.142. The van der Waals surface area contributed by atoms with Crippen LogP contribution < -0.4 is 4.74 Å². The number of carbonyl (C=O) groups is 1. The molecule has 0 N–H and O–H groups in total. The minimum absolute atomic E-state index is 0.204. The first kappa shape index (κ1) is 14.1. The van der Waals surface area contributed by atoms with E-state index in [0.29, 0.717) is 6.61 Å². The standard InChI is InChI=1S/C13H15NO3S2/c1-4-17-12(15)8(2)18-13-14-10-7-9(16-3)5-6-11(10)19-13/h5-8H,4H2,1-3H3. The van der Waals surface area contributed by atoms with Crippen LogP contribution in [0.4, 0.5) is 0 Å². The van der Waals surface area contributed by atoms with E-state index in [4.69, 9.17) is 9.47 Å². The van der Waals surface area contributed by atoms with Gasteiger partial charge in [-0.3, -0.25) is 4.79 Å². The molecule has 0 spiro atoms. The average Bonchev–Trinajstić information content (AvgIpc) is 2.79. The lowest BCUT2D eigenvalue weighted by Crippen LogP contribution is -2.16. The number of esters is 1. The van der Waals surface area contributed by atoms with Gasteiger partial charge in [-0.1, -0.05) is 11.8 Å². The number of thiazole rings is 1. The number of aromatic nitrogens is 1. The van der Waals surface area contributed by atoms with Crippen molar-refractivity contribution < 1.29 is 14.3 Å². The van der Waals surface area contributed by atoms with Crippen LogP contribution in [0.2, 0.25) is 0 Å². The van der Waals surface area contributed by atoms with E-state index in [2.05, 4.69) is 4.98 Å². The summed E-state index contributed by atoms with van der Waals surface area (Å²) in [6.07, 6.45) is 0. The van der Waals surface area contributed by atoms with Crippen molar-refractivity contribution >= 4 is 39.3 Å². The van der Waals surface area contributed by atoms with Gasteiger partial charge in [0.25, 0.3) is 0 Å². The van der Waals surface area contributed by atoms with E-state index in [1.54, 1.807) is 25.4 Å². The number of carbonyl (C=O) groups excluding carboxylic acids is 1. The third-order valence-corrected chi connectivity index (χ3v) is 4.68. The van der Waals surface area contributed by atoms with Crippen molar-refractivity contribution in [2.75, 3.05) is 13.7 Å². The first-order valence-electron chi connectivity index (χ1n) is 5.92. The first-order chi connectivity index (χ1) is 9.13. The average molecular weight is 297 g/mol. The van der Waals surface area contributed by atoms with Gasteiger partial charge in [0.15, 0.2) is 4.34 Å². The van der Waals surface area contributed by atoms with Gasteiger partial charge in [-0.2, -0.15) is 0 Å². The molecular formula is C13H15NO3S2. The van der Waals surface area contributed by atoms with Crippen molar-refractivity contribution in [2.45, 2.75) is 23.4 Å². The maximum Gasteiger partial charge on any atom is 0.319 e. The number of fused-ring (bicyclic) bond motifs is 1. The lowest BCUT2D eigenvalue weighted by atomic mass is 10.3. The maximum atomic E-state index is 11.6. The Hall–Kier alpha value is -1.27. The molecule has 0 aliphatic rings.